The van der Waals surface area contributed by atoms with Gasteiger partial charge in [0.25, 0.3) is 0 Å². The topological polar surface area (TPSA) is 41.1 Å². The normalized spacial score (nSPS) is 15.1. The third kappa shape index (κ3) is 3.22. The Morgan fingerprint density at radius 3 is 2.89 bits per heavy atom. The molecular formula is C12H13F3N2O. The number of anilines is 1. The molecule has 3 nitrogen and oxygen atoms in total. The van der Waals surface area contributed by atoms with E-state index in [2.05, 4.69) is 10.6 Å². The van der Waals surface area contributed by atoms with Gasteiger partial charge < -0.3 is 10.6 Å². The second kappa shape index (κ2) is 4.97. The maximum Gasteiger partial charge on any atom is 0.397 e. The minimum absolute atomic E-state index is 0.467. The van der Waals surface area contributed by atoms with Crippen molar-refractivity contribution in [2.24, 2.45) is 0 Å². The number of hydrogen-bond donors (Lipinski definition) is 2. The maximum atomic E-state index is 12.1. The minimum Gasteiger partial charge on any atom is -0.325 e. The van der Waals surface area contributed by atoms with Crippen molar-refractivity contribution in [3.8, 4) is 0 Å². The maximum absolute atomic E-state index is 12.1. The first kappa shape index (κ1) is 12.9. The standard InChI is InChI=1S/C12H13F3N2O/c13-12(14,15)6-11(18)17-10-3-1-2-8-4-5-16-7-9(8)10/h1-3,16H,4-7H2,(H,17,18). The van der Waals surface area contributed by atoms with Crippen LogP contribution in [-0.2, 0) is 17.8 Å². The van der Waals surface area contributed by atoms with E-state index in [0.29, 0.717) is 12.2 Å². The fraction of sp³-hybridized carbons (Fsp3) is 0.417. The van der Waals surface area contributed by atoms with Crippen molar-refractivity contribution < 1.29 is 18.0 Å². The Morgan fingerprint density at radius 1 is 1.39 bits per heavy atom. The average Bonchev–Trinajstić information content (AvgIpc) is 2.27. The molecule has 1 amide bonds. The molecule has 2 N–H and O–H groups in total. The molecule has 1 aromatic rings. The van der Waals surface area contributed by atoms with E-state index < -0.39 is 18.5 Å². The number of carbonyl (C=O) groups is 1. The molecular weight excluding hydrogens is 245 g/mol. The zero-order valence-corrected chi connectivity index (χ0v) is 9.60. The molecule has 98 valence electrons. The summed E-state index contributed by atoms with van der Waals surface area (Å²) in [5.41, 5.74) is 2.41. The summed E-state index contributed by atoms with van der Waals surface area (Å²) >= 11 is 0. The number of amides is 1. The number of fused-ring (bicyclic) bond motifs is 1. The van der Waals surface area contributed by atoms with Crippen molar-refractivity contribution in [2.75, 3.05) is 11.9 Å². The Labute approximate surface area is 102 Å². The van der Waals surface area contributed by atoms with E-state index in [1.165, 1.54) is 0 Å². The van der Waals surface area contributed by atoms with Crippen LogP contribution in [0.25, 0.3) is 0 Å². The lowest BCUT2D eigenvalue weighted by Gasteiger charge is -2.20. The number of rotatable bonds is 2. The molecule has 0 saturated heterocycles. The van der Waals surface area contributed by atoms with Crippen LogP contribution in [0.2, 0.25) is 0 Å². The van der Waals surface area contributed by atoms with Crippen molar-refractivity contribution >= 4 is 11.6 Å². The van der Waals surface area contributed by atoms with E-state index in [9.17, 15) is 18.0 Å². The monoisotopic (exact) mass is 258 g/mol. The molecule has 18 heavy (non-hydrogen) atoms. The van der Waals surface area contributed by atoms with E-state index in [-0.39, 0.29) is 0 Å². The molecule has 0 aliphatic carbocycles. The Balaban J connectivity index is 2.12. The molecule has 0 aromatic heterocycles. The number of carbonyl (C=O) groups excluding carboxylic acids is 1. The van der Waals surface area contributed by atoms with Gasteiger partial charge in [-0.1, -0.05) is 12.1 Å². The summed E-state index contributed by atoms with van der Waals surface area (Å²) in [5.74, 6) is -1.03. The molecule has 0 fully saturated rings. The average molecular weight is 258 g/mol. The van der Waals surface area contributed by atoms with Gasteiger partial charge in [-0.15, -0.1) is 0 Å². The van der Waals surface area contributed by atoms with Gasteiger partial charge in [-0.2, -0.15) is 13.2 Å². The third-order valence-corrected chi connectivity index (χ3v) is 2.78. The lowest BCUT2D eigenvalue weighted by molar-refractivity contribution is -0.150. The molecule has 1 heterocycles. The molecule has 0 spiro atoms. The van der Waals surface area contributed by atoms with Crippen LogP contribution in [0.3, 0.4) is 0 Å². The number of nitrogens with one attached hydrogen (secondary N) is 2. The zero-order valence-electron chi connectivity index (χ0n) is 9.60. The number of halogens is 3. The van der Waals surface area contributed by atoms with E-state index >= 15 is 0 Å². The fourth-order valence-corrected chi connectivity index (χ4v) is 2.01. The summed E-state index contributed by atoms with van der Waals surface area (Å²) < 4.78 is 36.2. The van der Waals surface area contributed by atoms with E-state index in [4.69, 9.17) is 0 Å². The number of hydrogen-bond acceptors (Lipinski definition) is 2. The molecule has 1 aliphatic rings. The number of alkyl halides is 3. The summed E-state index contributed by atoms with van der Waals surface area (Å²) in [6.45, 7) is 1.41. The largest absolute Gasteiger partial charge is 0.397 e. The molecule has 6 heteroatoms. The number of benzene rings is 1. The summed E-state index contributed by atoms with van der Waals surface area (Å²) in [6, 6.07) is 5.29. The first-order valence-corrected chi connectivity index (χ1v) is 5.64. The molecule has 0 radical (unpaired) electrons. The SMILES string of the molecule is O=C(CC(F)(F)F)Nc1cccc2c1CNCC2. The van der Waals surface area contributed by atoms with Crippen molar-refractivity contribution in [1.82, 2.24) is 5.32 Å². The highest BCUT2D eigenvalue weighted by molar-refractivity contribution is 5.92. The van der Waals surface area contributed by atoms with Crippen LogP contribution in [0.1, 0.15) is 17.5 Å². The van der Waals surface area contributed by atoms with Crippen molar-refractivity contribution in [3.05, 3.63) is 29.3 Å². The van der Waals surface area contributed by atoms with Gasteiger partial charge in [-0.05, 0) is 30.2 Å². The predicted octanol–water partition coefficient (Wildman–Crippen LogP) is 2.22. The van der Waals surface area contributed by atoms with Crippen molar-refractivity contribution in [2.45, 2.75) is 25.6 Å². The molecule has 1 aromatic carbocycles. The van der Waals surface area contributed by atoms with E-state index in [0.717, 1.165) is 24.1 Å². The highest BCUT2D eigenvalue weighted by atomic mass is 19.4. The van der Waals surface area contributed by atoms with Gasteiger partial charge in [0.15, 0.2) is 0 Å². The predicted molar refractivity (Wildman–Crippen MR) is 61.2 cm³/mol. The minimum atomic E-state index is -4.48. The lowest BCUT2D eigenvalue weighted by Crippen LogP contribution is -2.26. The summed E-state index contributed by atoms with van der Waals surface area (Å²) in [7, 11) is 0. The van der Waals surface area contributed by atoms with Gasteiger partial charge in [0, 0.05) is 12.2 Å². The van der Waals surface area contributed by atoms with Gasteiger partial charge in [-0.25, -0.2) is 0 Å². The van der Waals surface area contributed by atoms with E-state index in [1.807, 2.05) is 6.07 Å². The first-order chi connectivity index (χ1) is 8.46. The lowest BCUT2D eigenvalue weighted by atomic mass is 9.99. The molecule has 0 saturated carbocycles. The van der Waals surface area contributed by atoms with Crippen molar-refractivity contribution in [1.29, 1.82) is 0 Å². The zero-order chi connectivity index (χ0) is 13.2. The molecule has 2 rings (SSSR count). The Bertz CT molecular complexity index is 457. The fourth-order valence-electron chi connectivity index (χ4n) is 2.01. The third-order valence-electron chi connectivity index (χ3n) is 2.78. The van der Waals surface area contributed by atoms with Gasteiger partial charge in [0.2, 0.25) is 5.91 Å². The van der Waals surface area contributed by atoms with Crippen LogP contribution in [0, 0.1) is 0 Å². The Morgan fingerprint density at radius 2 is 2.17 bits per heavy atom. The molecule has 1 aliphatic heterocycles. The smallest absolute Gasteiger partial charge is 0.325 e. The van der Waals surface area contributed by atoms with Gasteiger partial charge in [0.05, 0.1) is 0 Å². The van der Waals surface area contributed by atoms with E-state index in [1.54, 1.807) is 12.1 Å². The molecule has 0 bridgehead atoms. The van der Waals surface area contributed by atoms with Crippen LogP contribution in [0.5, 0.6) is 0 Å². The second-order valence-electron chi connectivity index (χ2n) is 4.21. The summed E-state index contributed by atoms with van der Waals surface area (Å²) in [4.78, 5) is 11.3. The Kier molecular flexibility index (Phi) is 3.56. The van der Waals surface area contributed by atoms with Crippen LogP contribution in [0.15, 0.2) is 18.2 Å². The van der Waals surface area contributed by atoms with Gasteiger partial charge >= 0.3 is 6.18 Å². The highest BCUT2D eigenvalue weighted by Crippen LogP contribution is 2.25. The second-order valence-corrected chi connectivity index (χ2v) is 4.21. The first-order valence-electron chi connectivity index (χ1n) is 5.64. The molecule has 0 unspecified atom stereocenters. The highest BCUT2D eigenvalue weighted by Gasteiger charge is 2.31. The van der Waals surface area contributed by atoms with Crippen LogP contribution >= 0.6 is 0 Å². The van der Waals surface area contributed by atoms with Crippen LogP contribution < -0.4 is 10.6 Å². The van der Waals surface area contributed by atoms with Crippen LogP contribution in [-0.4, -0.2) is 18.6 Å². The van der Waals surface area contributed by atoms with Gasteiger partial charge in [-0.3, -0.25) is 4.79 Å². The summed E-state index contributed by atoms with van der Waals surface area (Å²) in [6.07, 6.45) is -5.11. The van der Waals surface area contributed by atoms with Crippen molar-refractivity contribution in [3.63, 3.8) is 0 Å². The Hall–Kier alpha value is -1.56. The van der Waals surface area contributed by atoms with Crippen LogP contribution in [0.4, 0.5) is 18.9 Å². The summed E-state index contributed by atoms with van der Waals surface area (Å²) in [5, 5.41) is 5.46. The quantitative estimate of drug-likeness (QED) is 0.854. The van der Waals surface area contributed by atoms with Gasteiger partial charge in [0.1, 0.15) is 6.42 Å². The molecule has 0 atom stereocenters.